The Balaban J connectivity index is 2.13. The molecule has 1 aromatic carbocycles. The molecule has 100 valence electrons. The van der Waals surface area contributed by atoms with E-state index in [-0.39, 0.29) is 0 Å². The third-order valence-electron chi connectivity index (χ3n) is 3.74. The van der Waals surface area contributed by atoms with Gasteiger partial charge < -0.3 is 4.90 Å². The molecule has 1 unspecified atom stereocenters. The van der Waals surface area contributed by atoms with E-state index in [1.165, 1.54) is 24.3 Å². The number of halogens is 2. The molecule has 1 aliphatic heterocycles. The number of nitrogens with zero attached hydrogens (tertiary/aromatic N) is 1. The van der Waals surface area contributed by atoms with Crippen LogP contribution >= 0.6 is 43.2 Å². The zero-order valence-corrected chi connectivity index (χ0v) is 14.7. The van der Waals surface area contributed by atoms with Gasteiger partial charge in [0.05, 0.1) is 7.57 Å². The van der Waals surface area contributed by atoms with E-state index in [4.69, 9.17) is 0 Å². The zero-order chi connectivity index (χ0) is 13.4. The molecule has 2 aromatic rings. The lowest BCUT2D eigenvalue weighted by molar-refractivity contribution is 0.338. The molecule has 19 heavy (non-hydrogen) atoms. The van der Waals surface area contributed by atoms with Gasteiger partial charge in [0.25, 0.3) is 0 Å². The fraction of sp³-hybridized carbons (Fsp3) is 0.333. The molecule has 1 aliphatic rings. The number of hydrogen-bond donors (Lipinski definition) is 0. The first-order valence-corrected chi connectivity index (χ1v) is 8.77. The largest absolute Gasteiger partial charge is 0.305 e. The summed E-state index contributed by atoms with van der Waals surface area (Å²) in [5.74, 6) is 0.459. The topological polar surface area (TPSA) is 3.24 Å². The highest BCUT2D eigenvalue weighted by Crippen LogP contribution is 2.44. The SMILES string of the molecule is CN1CCc2c(Br)sc(Br)c2C(c2ccccc2)C1. The number of benzene rings is 1. The van der Waals surface area contributed by atoms with E-state index in [9.17, 15) is 0 Å². The Kier molecular flexibility index (Phi) is 4.13. The molecule has 0 radical (unpaired) electrons. The Bertz CT molecular complexity index is 579. The summed E-state index contributed by atoms with van der Waals surface area (Å²) in [5.41, 5.74) is 4.37. The summed E-state index contributed by atoms with van der Waals surface area (Å²) in [7, 11) is 2.22. The van der Waals surface area contributed by atoms with Gasteiger partial charge in [-0.3, -0.25) is 0 Å². The van der Waals surface area contributed by atoms with Crippen LogP contribution in [0.3, 0.4) is 0 Å². The number of fused-ring (bicyclic) bond motifs is 1. The smallest absolute Gasteiger partial charge is 0.0752 e. The van der Waals surface area contributed by atoms with E-state index < -0.39 is 0 Å². The van der Waals surface area contributed by atoms with Crippen LogP contribution < -0.4 is 0 Å². The van der Waals surface area contributed by atoms with Crippen LogP contribution in [0.15, 0.2) is 37.9 Å². The molecular formula is C15H15Br2NS. The maximum absolute atomic E-state index is 3.77. The summed E-state index contributed by atoms with van der Waals surface area (Å²) < 4.78 is 2.56. The Morgan fingerprint density at radius 1 is 1.16 bits per heavy atom. The number of hydrogen-bond acceptors (Lipinski definition) is 2. The van der Waals surface area contributed by atoms with Gasteiger partial charge in [0, 0.05) is 19.0 Å². The predicted molar refractivity (Wildman–Crippen MR) is 89.2 cm³/mol. The highest BCUT2D eigenvalue weighted by Gasteiger charge is 2.28. The van der Waals surface area contributed by atoms with Crippen molar-refractivity contribution < 1.29 is 0 Å². The fourth-order valence-electron chi connectivity index (χ4n) is 2.75. The average molecular weight is 401 g/mol. The van der Waals surface area contributed by atoms with E-state index in [0.29, 0.717) is 5.92 Å². The molecule has 3 rings (SSSR count). The maximum atomic E-state index is 3.77. The van der Waals surface area contributed by atoms with Crippen LogP contribution in [-0.2, 0) is 6.42 Å². The molecule has 0 saturated heterocycles. The summed E-state index contributed by atoms with van der Waals surface area (Å²) in [6, 6.07) is 10.8. The molecule has 0 bridgehead atoms. The van der Waals surface area contributed by atoms with E-state index >= 15 is 0 Å². The van der Waals surface area contributed by atoms with Crippen LogP contribution in [0.1, 0.15) is 22.6 Å². The lowest BCUT2D eigenvalue weighted by Gasteiger charge is -2.21. The minimum absolute atomic E-state index is 0.459. The molecule has 0 N–H and O–H groups in total. The summed E-state index contributed by atoms with van der Waals surface area (Å²) in [6.45, 7) is 2.21. The normalized spacial score (nSPS) is 20.1. The summed E-state index contributed by atoms with van der Waals surface area (Å²) >= 11 is 9.30. The minimum Gasteiger partial charge on any atom is -0.305 e. The first kappa shape index (κ1) is 13.8. The van der Waals surface area contributed by atoms with Gasteiger partial charge in [0.15, 0.2) is 0 Å². The van der Waals surface area contributed by atoms with Crippen molar-refractivity contribution in [3.8, 4) is 0 Å². The lowest BCUT2D eigenvalue weighted by atomic mass is 9.91. The van der Waals surface area contributed by atoms with Crippen molar-refractivity contribution >= 4 is 43.2 Å². The Labute approximate surface area is 134 Å². The molecule has 0 aliphatic carbocycles. The lowest BCUT2D eigenvalue weighted by Crippen LogP contribution is -2.24. The van der Waals surface area contributed by atoms with Crippen LogP contribution in [0.25, 0.3) is 0 Å². The number of rotatable bonds is 1. The fourth-order valence-corrected chi connectivity index (χ4v) is 6.17. The van der Waals surface area contributed by atoms with Gasteiger partial charge in [-0.1, -0.05) is 30.3 Å². The third-order valence-corrected chi connectivity index (χ3v) is 6.44. The standard InChI is InChI=1S/C15H15Br2NS/c1-18-8-7-11-13(15(17)19-14(11)16)12(9-18)10-5-3-2-4-6-10/h2-6,12H,7-9H2,1H3. The van der Waals surface area contributed by atoms with Crippen LogP contribution in [-0.4, -0.2) is 25.0 Å². The van der Waals surface area contributed by atoms with Crippen molar-refractivity contribution in [2.45, 2.75) is 12.3 Å². The molecule has 0 fully saturated rings. The Morgan fingerprint density at radius 3 is 2.63 bits per heavy atom. The van der Waals surface area contributed by atoms with E-state index in [1.54, 1.807) is 0 Å². The Morgan fingerprint density at radius 2 is 1.89 bits per heavy atom. The van der Waals surface area contributed by atoms with Gasteiger partial charge in [-0.15, -0.1) is 11.3 Å². The van der Waals surface area contributed by atoms with E-state index in [2.05, 4.69) is 74.1 Å². The van der Waals surface area contributed by atoms with Crippen molar-refractivity contribution in [1.82, 2.24) is 4.90 Å². The maximum Gasteiger partial charge on any atom is 0.0752 e. The van der Waals surface area contributed by atoms with Gasteiger partial charge >= 0.3 is 0 Å². The average Bonchev–Trinajstić information content (AvgIpc) is 2.59. The molecule has 0 amide bonds. The molecular weight excluding hydrogens is 386 g/mol. The zero-order valence-electron chi connectivity index (χ0n) is 10.7. The third kappa shape index (κ3) is 2.68. The van der Waals surface area contributed by atoms with Crippen LogP contribution in [0.2, 0.25) is 0 Å². The quantitative estimate of drug-likeness (QED) is 0.658. The van der Waals surface area contributed by atoms with Crippen molar-refractivity contribution in [2.75, 3.05) is 20.1 Å². The van der Waals surface area contributed by atoms with E-state index in [0.717, 1.165) is 19.5 Å². The highest BCUT2D eigenvalue weighted by atomic mass is 79.9. The molecule has 0 saturated carbocycles. The van der Waals surface area contributed by atoms with Gasteiger partial charge in [-0.05, 0) is 62.0 Å². The van der Waals surface area contributed by atoms with Crippen molar-refractivity contribution in [2.24, 2.45) is 0 Å². The highest BCUT2D eigenvalue weighted by molar-refractivity contribution is 9.12. The van der Waals surface area contributed by atoms with Crippen molar-refractivity contribution in [1.29, 1.82) is 0 Å². The van der Waals surface area contributed by atoms with Gasteiger partial charge in [0.2, 0.25) is 0 Å². The predicted octanol–water partition coefficient (Wildman–Crippen LogP) is 4.89. The van der Waals surface area contributed by atoms with Crippen molar-refractivity contribution in [3.63, 3.8) is 0 Å². The second-order valence-corrected chi connectivity index (χ2v) is 8.67. The molecule has 1 atom stereocenters. The summed E-state index contributed by atoms with van der Waals surface area (Å²) in [4.78, 5) is 2.43. The van der Waals surface area contributed by atoms with Gasteiger partial charge in [0.1, 0.15) is 0 Å². The second-order valence-electron chi connectivity index (χ2n) is 5.02. The van der Waals surface area contributed by atoms with Crippen LogP contribution in [0.4, 0.5) is 0 Å². The molecule has 1 aromatic heterocycles. The minimum atomic E-state index is 0.459. The van der Waals surface area contributed by atoms with Gasteiger partial charge in [-0.25, -0.2) is 0 Å². The summed E-state index contributed by atoms with van der Waals surface area (Å²) in [6.07, 6.45) is 1.12. The first-order chi connectivity index (χ1) is 9.16. The summed E-state index contributed by atoms with van der Waals surface area (Å²) in [5, 5.41) is 0. The number of thiophene rings is 1. The second kappa shape index (κ2) is 5.68. The van der Waals surface area contributed by atoms with Crippen LogP contribution in [0, 0.1) is 0 Å². The molecule has 2 heterocycles. The first-order valence-electron chi connectivity index (χ1n) is 6.37. The van der Waals surface area contributed by atoms with Crippen LogP contribution in [0.5, 0.6) is 0 Å². The molecule has 4 heteroatoms. The molecule has 0 spiro atoms. The van der Waals surface area contributed by atoms with Crippen molar-refractivity contribution in [3.05, 3.63) is 54.6 Å². The molecule has 1 nitrogen and oxygen atoms in total. The van der Waals surface area contributed by atoms with E-state index in [1.807, 2.05) is 11.3 Å². The van der Waals surface area contributed by atoms with Gasteiger partial charge in [-0.2, -0.15) is 0 Å². The number of likely N-dealkylation sites (N-methyl/N-ethyl adjacent to an activating group) is 1. The monoisotopic (exact) mass is 399 g/mol. The Hall–Kier alpha value is -0.160.